The SMILES string of the molecule is CCC(C)C(C)(O)CNC(=O)c1cc(C)[nH]n1. The van der Waals surface area contributed by atoms with E-state index in [4.69, 9.17) is 0 Å². The molecular weight excluding hydrogens is 218 g/mol. The van der Waals surface area contributed by atoms with Gasteiger partial charge >= 0.3 is 0 Å². The molecule has 1 aromatic rings. The number of aryl methyl sites for hydroxylation is 1. The number of carbonyl (C=O) groups is 1. The summed E-state index contributed by atoms with van der Waals surface area (Å²) in [6.45, 7) is 7.77. The summed E-state index contributed by atoms with van der Waals surface area (Å²) in [5.41, 5.74) is 0.293. The fourth-order valence-electron chi connectivity index (χ4n) is 1.50. The van der Waals surface area contributed by atoms with Gasteiger partial charge in [0, 0.05) is 12.2 Å². The van der Waals surface area contributed by atoms with E-state index in [0.717, 1.165) is 12.1 Å². The predicted molar refractivity (Wildman–Crippen MR) is 65.7 cm³/mol. The van der Waals surface area contributed by atoms with E-state index in [1.165, 1.54) is 0 Å². The third-order valence-electron chi connectivity index (χ3n) is 3.22. The molecule has 1 amide bonds. The van der Waals surface area contributed by atoms with Gasteiger partial charge in [0.15, 0.2) is 0 Å². The summed E-state index contributed by atoms with van der Waals surface area (Å²) in [5.74, 6) is -0.137. The van der Waals surface area contributed by atoms with Crippen molar-refractivity contribution in [2.24, 2.45) is 5.92 Å². The Balaban J connectivity index is 2.54. The van der Waals surface area contributed by atoms with Gasteiger partial charge in [0.2, 0.25) is 0 Å². The lowest BCUT2D eigenvalue weighted by atomic mass is 9.88. The second-order valence-corrected chi connectivity index (χ2v) is 4.79. The zero-order valence-corrected chi connectivity index (χ0v) is 10.9. The molecule has 0 saturated carbocycles. The van der Waals surface area contributed by atoms with Crippen molar-refractivity contribution in [2.45, 2.75) is 39.7 Å². The van der Waals surface area contributed by atoms with Crippen LogP contribution in [0.3, 0.4) is 0 Å². The highest BCUT2D eigenvalue weighted by Gasteiger charge is 2.27. The van der Waals surface area contributed by atoms with Crippen LogP contribution in [0, 0.1) is 12.8 Å². The summed E-state index contributed by atoms with van der Waals surface area (Å²) in [4.78, 5) is 11.7. The lowest BCUT2D eigenvalue weighted by molar-refractivity contribution is 0.00588. The minimum atomic E-state index is -0.893. The van der Waals surface area contributed by atoms with E-state index in [1.54, 1.807) is 13.0 Å². The molecule has 96 valence electrons. The number of carbonyl (C=O) groups excluding carboxylic acids is 1. The van der Waals surface area contributed by atoms with Crippen molar-refractivity contribution in [1.82, 2.24) is 15.5 Å². The van der Waals surface area contributed by atoms with Crippen LogP contribution in [0.2, 0.25) is 0 Å². The van der Waals surface area contributed by atoms with Gasteiger partial charge in [-0.25, -0.2) is 0 Å². The van der Waals surface area contributed by atoms with Gasteiger partial charge < -0.3 is 10.4 Å². The van der Waals surface area contributed by atoms with Crippen LogP contribution in [0.25, 0.3) is 0 Å². The molecule has 0 bridgehead atoms. The van der Waals surface area contributed by atoms with Gasteiger partial charge in [-0.05, 0) is 25.8 Å². The van der Waals surface area contributed by atoms with Gasteiger partial charge in [-0.15, -0.1) is 0 Å². The van der Waals surface area contributed by atoms with Gasteiger partial charge in [-0.1, -0.05) is 20.3 Å². The molecule has 1 heterocycles. The maximum Gasteiger partial charge on any atom is 0.271 e. The van der Waals surface area contributed by atoms with Gasteiger partial charge in [0.05, 0.1) is 5.60 Å². The molecule has 5 nitrogen and oxygen atoms in total. The number of rotatable bonds is 5. The Kier molecular flexibility index (Phi) is 4.28. The van der Waals surface area contributed by atoms with Crippen LogP contribution in [0.4, 0.5) is 0 Å². The zero-order chi connectivity index (χ0) is 13.1. The molecule has 1 rings (SSSR count). The normalized spacial score (nSPS) is 16.3. The van der Waals surface area contributed by atoms with Crippen molar-refractivity contribution in [3.8, 4) is 0 Å². The molecule has 0 aliphatic rings. The summed E-state index contributed by atoms with van der Waals surface area (Å²) < 4.78 is 0. The van der Waals surface area contributed by atoms with Crippen molar-refractivity contribution < 1.29 is 9.90 Å². The van der Waals surface area contributed by atoms with E-state index in [1.807, 2.05) is 20.8 Å². The molecule has 0 radical (unpaired) electrons. The summed E-state index contributed by atoms with van der Waals surface area (Å²) in [6, 6.07) is 1.67. The Labute approximate surface area is 102 Å². The molecule has 0 aromatic carbocycles. The number of nitrogens with zero attached hydrogens (tertiary/aromatic N) is 1. The maximum absolute atomic E-state index is 11.7. The van der Waals surface area contributed by atoms with Gasteiger partial charge in [-0.3, -0.25) is 9.89 Å². The number of hydrogen-bond acceptors (Lipinski definition) is 3. The largest absolute Gasteiger partial charge is 0.388 e. The van der Waals surface area contributed by atoms with Crippen molar-refractivity contribution >= 4 is 5.91 Å². The molecule has 0 aliphatic heterocycles. The van der Waals surface area contributed by atoms with E-state index in [9.17, 15) is 9.90 Å². The van der Waals surface area contributed by atoms with Crippen LogP contribution in [0.5, 0.6) is 0 Å². The summed E-state index contributed by atoms with van der Waals surface area (Å²) in [5, 5.41) is 19.4. The fourth-order valence-corrected chi connectivity index (χ4v) is 1.50. The zero-order valence-electron chi connectivity index (χ0n) is 10.9. The minimum absolute atomic E-state index is 0.128. The van der Waals surface area contributed by atoms with Gasteiger partial charge in [-0.2, -0.15) is 5.10 Å². The van der Waals surface area contributed by atoms with E-state index < -0.39 is 5.60 Å². The first-order valence-electron chi connectivity index (χ1n) is 5.89. The lowest BCUT2D eigenvalue weighted by Gasteiger charge is -2.29. The number of aromatic amines is 1. The van der Waals surface area contributed by atoms with Crippen molar-refractivity contribution in [3.63, 3.8) is 0 Å². The van der Waals surface area contributed by atoms with Crippen LogP contribution in [0.1, 0.15) is 43.4 Å². The van der Waals surface area contributed by atoms with Gasteiger partial charge in [0.25, 0.3) is 5.91 Å². The standard InChI is InChI=1S/C12H21N3O2/c1-5-8(2)12(4,17)7-13-11(16)10-6-9(3)14-15-10/h6,8,17H,5,7H2,1-4H3,(H,13,16)(H,14,15). The topological polar surface area (TPSA) is 78.0 Å². The smallest absolute Gasteiger partial charge is 0.271 e. The molecular formula is C12H21N3O2. The highest BCUT2D eigenvalue weighted by Crippen LogP contribution is 2.18. The summed E-state index contributed by atoms with van der Waals surface area (Å²) in [7, 11) is 0. The number of aromatic nitrogens is 2. The number of H-pyrrole nitrogens is 1. The predicted octanol–water partition coefficient (Wildman–Crippen LogP) is 1.25. The Hall–Kier alpha value is -1.36. The van der Waals surface area contributed by atoms with Crippen molar-refractivity contribution in [3.05, 3.63) is 17.5 Å². The minimum Gasteiger partial charge on any atom is -0.388 e. The Morgan fingerprint density at radius 3 is 2.82 bits per heavy atom. The van der Waals surface area contributed by atoms with Crippen molar-refractivity contribution in [1.29, 1.82) is 0 Å². The number of aliphatic hydroxyl groups is 1. The Morgan fingerprint density at radius 1 is 1.71 bits per heavy atom. The molecule has 0 fully saturated rings. The first-order valence-corrected chi connectivity index (χ1v) is 5.89. The second-order valence-electron chi connectivity index (χ2n) is 4.79. The first-order chi connectivity index (χ1) is 7.86. The monoisotopic (exact) mass is 239 g/mol. The first kappa shape index (κ1) is 13.7. The Morgan fingerprint density at radius 2 is 2.35 bits per heavy atom. The molecule has 2 unspecified atom stereocenters. The highest BCUT2D eigenvalue weighted by atomic mass is 16.3. The number of amides is 1. The lowest BCUT2D eigenvalue weighted by Crippen LogP contribution is -2.45. The van der Waals surface area contributed by atoms with Crippen LogP contribution in [-0.2, 0) is 0 Å². The fraction of sp³-hybridized carbons (Fsp3) is 0.667. The van der Waals surface area contributed by atoms with Crippen LogP contribution in [-0.4, -0.2) is 33.4 Å². The summed E-state index contributed by atoms with van der Waals surface area (Å²) in [6.07, 6.45) is 0.865. The average molecular weight is 239 g/mol. The molecule has 0 aliphatic carbocycles. The molecule has 17 heavy (non-hydrogen) atoms. The van der Waals surface area contributed by atoms with Crippen LogP contribution < -0.4 is 5.32 Å². The van der Waals surface area contributed by atoms with E-state index in [2.05, 4.69) is 15.5 Å². The summed E-state index contributed by atoms with van der Waals surface area (Å²) >= 11 is 0. The Bertz CT molecular complexity index is 385. The van der Waals surface area contributed by atoms with Crippen LogP contribution in [0.15, 0.2) is 6.07 Å². The number of hydrogen-bond donors (Lipinski definition) is 3. The van der Waals surface area contributed by atoms with Gasteiger partial charge in [0.1, 0.15) is 5.69 Å². The molecule has 3 N–H and O–H groups in total. The molecule has 5 heteroatoms. The average Bonchev–Trinajstić information content (AvgIpc) is 2.71. The van der Waals surface area contributed by atoms with E-state index >= 15 is 0 Å². The second kappa shape index (κ2) is 5.31. The maximum atomic E-state index is 11.7. The quantitative estimate of drug-likeness (QED) is 0.723. The molecule has 0 spiro atoms. The van der Waals surface area contributed by atoms with E-state index in [-0.39, 0.29) is 18.4 Å². The van der Waals surface area contributed by atoms with E-state index in [0.29, 0.717) is 5.69 Å². The third-order valence-corrected chi connectivity index (χ3v) is 3.22. The number of nitrogens with one attached hydrogen (secondary N) is 2. The molecule has 0 saturated heterocycles. The van der Waals surface area contributed by atoms with Crippen molar-refractivity contribution in [2.75, 3.05) is 6.54 Å². The third kappa shape index (κ3) is 3.56. The molecule has 2 atom stereocenters. The van der Waals surface area contributed by atoms with Crippen LogP contribution >= 0.6 is 0 Å². The highest BCUT2D eigenvalue weighted by molar-refractivity contribution is 5.92. The molecule has 1 aromatic heterocycles.